The van der Waals surface area contributed by atoms with E-state index in [1.54, 1.807) is 26.0 Å². The summed E-state index contributed by atoms with van der Waals surface area (Å²) in [6, 6.07) is 12.1. The van der Waals surface area contributed by atoms with Gasteiger partial charge in [0.15, 0.2) is 5.78 Å². The van der Waals surface area contributed by atoms with Gasteiger partial charge in [-0.05, 0) is 32.0 Å². The minimum absolute atomic E-state index is 0.0590. The van der Waals surface area contributed by atoms with Crippen LogP contribution in [-0.2, 0) is 0 Å². The van der Waals surface area contributed by atoms with Gasteiger partial charge in [0.05, 0.1) is 16.8 Å². The summed E-state index contributed by atoms with van der Waals surface area (Å²) in [6.07, 6.45) is 0. The van der Waals surface area contributed by atoms with Crippen LogP contribution >= 0.6 is 11.8 Å². The van der Waals surface area contributed by atoms with Gasteiger partial charge >= 0.3 is 6.61 Å². The summed E-state index contributed by atoms with van der Waals surface area (Å²) in [7, 11) is 0. The summed E-state index contributed by atoms with van der Waals surface area (Å²) in [4.78, 5) is 21.4. The van der Waals surface area contributed by atoms with Crippen molar-refractivity contribution in [2.45, 2.75) is 25.5 Å². The molecule has 0 unspecified atom stereocenters. The number of hydrogen-bond acceptors (Lipinski definition) is 5. The monoisotopic (exact) mass is 374 g/mol. The van der Waals surface area contributed by atoms with Gasteiger partial charge in [0.2, 0.25) is 0 Å². The summed E-state index contributed by atoms with van der Waals surface area (Å²) < 4.78 is 29.6. The second-order valence-corrected chi connectivity index (χ2v) is 6.65. The quantitative estimate of drug-likeness (QED) is 0.352. The number of ether oxygens (including phenoxy) is 1. The van der Waals surface area contributed by atoms with Crippen molar-refractivity contribution in [1.82, 2.24) is 9.97 Å². The number of carbonyl (C=O) groups is 1. The van der Waals surface area contributed by atoms with Crippen LogP contribution in [-0.4, -0.2) is 28.1 Å². The van der Waals surface area contributed by atoms with Crippen molar-refractivity contribution >= 4 is 28.4 Å². The van der Waals surface area contributed by atoms with Gasteiger partial charge in [0.1, 0.15) is 16.6 Å². The van der Waals surface area contributed by atoms with E-state index >= 15 is 0 Å². The minimum atomic E-state index is -2.98. The van der Waals surface area contributed by atoms with Gasteiger partial charge in [-0.1, -0.05) is 41.6 Å². The summed E-state index contributed by atoms with van der Waals surface area (Å²) in [5.74, 6) is 0.259. The first-order chi connectivity index (χ1) is 12.4. The highest BCUT2D eigenvalue weighted by Gasteiger charge is 2.17. The van der Waals surface area contributed by atoms with Gasteiger partial charge in [-0.15, -0.1) is 0 Å². The van der Waals surface area contributed by atoms with Gasteiger partial charge in [0.25, 0.3) is 0 Å². The molecule has 26 heavy (non-hydrogen) atoms. The van der Waals surface area contributed by atoms with Crippen LogP contribution in [0.25, 0.3) is 10.9 Å². The van der Waals surface area contributed by atoms with E-state index in [-0.39, 0.29) is 22.8 Å². The lowest BCUT2D eigenvalue weighted by molar-refractivity contribution is -0.0501. The molecule has 0 N–H and O–H groups in total. The highest BCUT2D eigenvalue weighted by atomic mass is 32.2. The van der Waals surface area contributed by atoms with Gasteiger partial charge in [-0.2, -0.15) is 8.78 Å². The molecule has 1 heterocycles. The lowest BCUT2D eigenvalue weighted by atomic mass is 10.1. The Morgan fingerprint density at radius 2 is 1.92 bits per heavy atom. The highest BCUT2D eigenvalue weighted by Crippen LogP contribution is 2.28. The fourth-order valence-corrected chi connectivity index (χ4v) is 3.49. The minimum Gasteiger partial charge on any atom is -0.434 e. The SMILES string of the molecule is Cc1ccc(OC(F)F)c(C(=O)CSc2nc(C)nc3ccccc23)c1. The third-order valence-electron chi connectivity index (χ3n) is 3.67. The largest absolute Gasteiger partial charge is 0.434 e. The number of benzene rings is 2. The average molecular weight is 374 g/mol. The Bertz CT molecular complexity index is 963. The van der Waals surface area contributed by atoms with Crippen LogP contribution < -0.4 is 4.74 Å². The Morgan fingerprint density at radius 3 is 2.69 bits per heavy atom. The second-order valence-electron chi connectivity index (χ2n) is 5.68. The van der Waals surface area contributed by atoms with E-state index in [9.17, 15) is 13.6 Å². The molecule has 0 bridgehead atoms. The number of aromatic nitrogens is 2. The Balaban J connectivity index is 1.85. The number of carbonyl (C=O) groups excluding carboxylic acids is 1. The van der Waals surface area contributed by atoms with Crippen molar-refractivity contribution < 1.29 is 18.3 Å². The Labute approximate surface area is 153 Å². The molecule has 7 heteroatoms. The zero-order valence-corrected chi connectivity index (χ0v) is 15.0. The Hall–Kier alpha value is -2.54. The second kappa shape index (κ2) is 7.78. The normalized spacial score (nSPS) is 11.1. The zero-order chi connectivity index (χ0) is 18.7. The molecule has 0 saturated carbocycles. The first kappa shape index (κ1) is 18.3. The van der Waals surface area contributed by atoms with Gasteiger partial charge in [-0.3, -0.25) is 4.79 Å². The van der Waals surface area contributed by atoms with Crippen molar-refractivity contribution in [3.05, 3.63) is 59.4 Å². The number of fused-ring (bicyclic) bond motifs is 1. The fraction of sp³-hybridized carbons (Fsp3) is 0.211. The number of hydrogen-bond donors (Lipinski definition) is 0. The Morgan fingerprint density at radius 1 is 1.15 bits per heavy atom. The number of alkyl halides is 2. The summed E-state index contributed by atoms with van der Waals surface area (Å²) in [5.41, 5.74) is 1.74. The number of rotatable bonds is 6. The molecule has 0 spiro atoms. The third-order valence-corrected chi connectivity index (χ3v) is 4.66. The molecule has 0 fully saturated rings. The highest BCUT2D eigenvalue weighted by molar-refractivity contribution is 8.00. The van der Waals surface area contributed by atoms with E-state index in [0.717, 1.165) is 16.5 Å². The number of thioether (sulfide) groups is 1. The van der Waals surface area contributed by atoms with Crippen LogP contribution in [0.5, 0.6) is 5.75 Å². The number of para-hydroxylation sites is 1. The molecule has 4 nitrogen and oxygen atoms in total. The lowest BCUT2D eigenvalue weighted by Gasteiger charge is -2.11. The standard InChI is InChI=1S/C19H16F2N2O2S/c1-11-7-8-17(25-19(20)21)14(9-11)16(24)10-26-18-13-5-3-4-6-15(13)22-12(2)23-18/h3-9,19H,10H2,1-2H3. The van der Waals surface area contributed by atoms with E-state index in [0.29, 0.717) is 10.9 Å². The van der Waals surface area contributed by atoms with Gasteiger partial charge < -0.3 is 4.74 Å². The van der Waals surface area contributed by atoms with Crippen molar-refractivity contribution in [2.24, 2.45) is 0 Å². The zero-order valence-electron chi connectivity index (χ0n) is 14.2. The molecule has 2 aromatic carbocycles. The maximum absolute atomic E-state index is 12.6. The van der Waals surface area contributed by atoms with E-state index < -0.39 is 6.61 Å². The van der Waals surface area contributed by atoms with Crippen molar-refractivity contribution in [3.8, 4) is 5.75 Å². The van der Waals surface area contributed by atoms with Crippen molar-refractivity contribution in [1.29, 1.82) is 0 Å². The van der Waals surface area contributed by atoms with E-state index in [1.807, 2.05) is 24.3 Å². The van der Waals surface area contributed by atoms with Crippen LogP contribution in [0.1, 0.15) is 21.7 Å². The van der Waals surface area contributed by atoms with E-state index in [2.05, 4.69) is 14.7 Å². The summed E-state index contributed by atoms with van der Waals surface area (Å²) in [5, 5.41) is 1.54. The molecule has 3 rings (SSSR count). The average Bonchev–Trinajstić information content (AvgIpc) is 2.60. The molecular formula is C19H16F2N2O2S. The molecule has 0 aliphatic heterocycles. The van der Waals surface area contributed by atoms with Crippen LogP contribution in [0.15, 0.2) is 47.5 Å². The Kier molecular flexibility index (Phi) is 5.46. The first-order valence-corrected chi connectivity index (χ1v) is 8.87. The van der Waals surface area contributed by atoms with E-state index in [4.69, 9.17) is 0 Å². The number of ketones is 1. The summed E-state index contributed by atoms with van der Waals surface area (Å²) in [6.45, 7) is 0.593. The molecule has 0 radical (unpaired) electrons. The van der Waals surface area contributed by atoms with Crippen LogP contribution in [0, 0.1) is 13.8 Å². The molecule has 1 aromatic heterocycles. The fourth-order valence-electron chi connectivity index (χ4n) is 2.54. The maximum atomic E-state index is 12.6. The van der Waals surface area contributed by atoms with Crippen LogP contribution in [0.2, 0.25) is 0 Å². The topological polar surface area (TPSA) is 52.1 Å². The number of nitrogens with zero attached hydrogens (tertiary/aromatic N) is 2. The number of halogens is 2. The van der Waals surface area contributed by atoms with Crippen molar-refractivity contribution in [2.75, 3.05) is 5.75 Å². The molecule has 0 aliphatic carbocycles. The first-order valence-electron chi connectivity index (χ1n) is 7.89. The predicted octanol–water partition coefficient (Wildman–Crippen LogP) is 4.82. The molecule has 134 valence electrons. The molecule has 0 amide bonds. The van der Waals surface area contributed by atoms with E-state index in [1.165, 1.54) is 17.8 Å². The predicted molar refractivity (Wildman–Crippen MR) is 97.1 cm³/mol. The molecule has 0 saturated heterocycles. The molecule has 0 aliphatic rings. The summed E-state index contributed by atoms with van der Waals surface area (Å²) >= 11 is 1.26. The smallest absolute Gasteiger partial charge is 0.387 e. The van der Waals surface area contributed by atoms with Crippen molar-refractivity contribution in [3.63, 3.8) is 0 Å². The van der Waals surface area contributed by atoms with Crippen LogP contribution in [0.4, 0.5) is 8.78 Å². The van der Waals surface area contributed by atoms with Gasteiger partial charge in [0, 0.05) is 5.39 Å². The number of Topliss-reactive ketones (excluding diaryl/α,β-unsaturated/α-hetero) is 1. The third kappa shape index (κ3) is 4.16. The lowest BCUT2D eigenvalue weighted by Crippen LogP contribution is -2.10. The van der Waals surface area contributed by atoms with Gasteiger partial charge in [-0.25, -0.2) is 9.97 Å². The van der Waals surface area contributed by atoms with Crippen LogP contribution in [0.3, 0.4) is 0 Å². The molecular weight excluding hydrogens is 358 g/mol. The molecule has 0 atom stereocenters. The molecule has 3 aromatic rings. The maximum Gasteiger partial charge on any atom is 0.387 e. The number of aryl methyl sites for hydroxylation is 2.